The Morgan fingerprint density at radius 1 is 1.38 bits per heavy atom. The number of guanidine groups is 1. The minimum absolute atomic E-state index is 0. The van der Waals surface area contributed by atoms with Crippen LogP contribution in [0, 0.1) is 17.2 Å². The molecule has 132 valence electrons. The summed E-state index contributed by atoms with van der Waals surface area (Å²) in [6.45, 7) is 5.95. The summed E-state index contributed by atoms with van der Waals surface area (Å²) in [6, 6.07) is 9.68. The maximum absolute atomic E-state index is 8.82. The van der Waals surface area contributed by atoms with Crippen LogP contribution in [0.15, 0.2) is 29.3 Å². The zero-order chi connectivity index (χ0) is 16.5. The van der Waals surface area contributed by atoms with E-state index in [1.807, 2.05) is 31.3 Å². The second-order valence-electron chi connectivity index (χ2n) is 5.92. The van der Waals surface area contributed by atoms with Crippen LogP contribution in [-0.4, -0.2) is 44.2 Å². The Balaban J connectivity index is 0.00000288. The monoisotopic (exact) mass is 442 g/mol. The molecule has 24 heavy (non-hydrogen) atoms. The van der Waals surface area contributed by atoms with Crippen molar-refractivity contribution in [3.05, 3.63) is 35.4 Å². The van der Waals surface area contributed by atoms with Gasteiger partial charge in [0.15, 0.2) is 5.96 Å². The Labute approximate surface area is 162 Å². The van der Waals surface area contributed by atoms with Crippen LogP contribution in [-0.2, 0) is 11.3 Å². The van der Waals surface area contributed by atoms with Gasteiger partial charge in [0.05, 0.1) is 24.8 Å². The molecule has 1 aliphatic carbocycles. The predicted octanol–water partition coefficient (Wildman–Crippen LogP) is 3.00. The first-order chi connectivity index (χ1) is 11.2. The Bertz CT molecular complexity index is 549. The number of ether oxygens (including phenoxy) is 1. The maximum atomic E-state index is 8.82. The summed E-state index contributed by atoms with van der Waals surface area (Å²) < 4.78 is 5.69. The molecule has 0 heterocycles. The van der Waals surface area contributed by atoms with E-state index in [-0.39, 0.29) is 24.0 Å². The van der Waals surface area contributed by atoms with Gasteiger partial charge in [-0.2, -0.15) is 5.26 Å². The van der Waals surface area contributed by atoms with Gasteiger partial charge in [-0.15, -0.1) is 24.0 Å². The van der Waals surface area contributed by atoms with Crippen LogP contribution in [0.4, 0.5) is 0 Å². The lowest BCUT2D eigenvalue weighted by Crippen LogP contribution is -2.40. The first kappa shape index (κ1) is 20.7. The van der Waals surface area contributed by atoms with Crippen LogP contribution in [0.2, 0.25) is 0 Å². The Hall–Kier alpha value is -1.33. The molecule has 0 radical (unpaired) electrons. The lowest BCUT2D eigenvalue weighted by atomic mass is 10.1. The highest BCUT2D eigenvalue weighted by Crippen LogP contribution is 2.28. The van der Waals surface area contributed by atoms with Crippen molar-refractivity contribution in [2.24, 2.45) is 10.9 Å². The molecule has 1 N–H and O–H groups in total. The van der Waals surface area contributed by atoms with Crippen molar-refractivity contribution in [2.45, 2.75) is 26.3 Å². The zero-order valence-electron chi connectivity index (χ0n) is 14.5. The molecule has 1 aromatic carbocycles. The number of nitrogens with one attached hydrogen (secondary N) is 1. The standard InChI is InChI=1S/C18H26N4O.HI/c1-3-20-18(22(2)10-11-23-14-17-8-9-17)21-13-16-6-4-15(12-19)5-7-16;/h4-7,17H,3,8-11,13-14H2,1-2H3,(H,20,21);1H. The van der Waals surface area contributed by atoms with Crippen molar-refractivity contribution in [3.63, 3.8) is 0 Å². The van der Waals surface area contributed by atoms with Crippen LogP contribution in [0.1, 0.15) is 30.9 Å². The van der Waals surface area contributed by atoms with Gasteiger partial charge in [-0.05, 0) is 43.4 Å². The molecule has 1 aromatic rings. The summed E-state index contributed by atoms with van der Waals surface area (Å²) in [7, 11) is 2.03. The summed E-state index contributed by atoms with van der Waals surface area (Å²) >= 11 is 0. The molecule has 0 saturated heterocycles. The van der Waals surface area contributed by atoms with Crippen molar-refractivity contribution >= 4 is 29.9 Å². The Morgan fingerprint density at radius 3 is 2.67 bits per heavy atom. The van der Waals surface area contributed by atoms with E-state index in [1.165, 1.54) is 12.8 Å². The second-order valence-corrected chi connectivity index (χ2v) is 5.92. The quantitative estimate of drug-likeness (QED) is 0.291. The summed E-state index contributed by atoms with van der Waals surface area (Å²) in [5.41, 5.74) is 1.77. The van der Waals surface area contributed by atoms with Crippen molar-refractivity contribution in [3.8, 4) is 6.07 Å². The largest absolute Gasteiger partial charge is 0.379 e. The van der Waals surface area contributed by atoms with E-state index in [9.17, 15) is 0 Å². The molecular formula is C18H27IN4O. The first-order valence-corrected chi connectivity index (χ1v) is 8.29. The highest BCUT2D eigenvalue weighted by molar-refractivity contribution is 14.0. The van der Waals surface area contributed by atoms with Crippen molar-refractivity contribution in [2.75, 3.05) is 33.4 Å². The maximum Gasteiger partial charge on any atom is 0.194 e. The summed E-state index contributed by atoms with van der Waals surface area (Å²) in [6.07, 6.45) is 2.65. The molecule has 0 atom stereocenters. The van der Waals surface area contributed by atoms with Crippen LogP contribution in [0.3, 0.4) is 0 Å². The molecule has 1 fully saturated rings. The normalized spacial score (nSPS) is 13.8. The van der Waals surface area contributed by atoms with E-state index in [1.54, 1.807) is 0 Å². The zero-order valence-corrected chi connectivity index (χ0v) is 16.8. The molecule has 6 heteroatoms. The third-order valence-corrected chi connectivity index (χ3v) is 3.81. The van der Waals surface area contributed by atoms with Crippen LogP contribution in [0.5, 0.6) is 0 Å². The van der Waals surface area contributed by atoms with Gasteiger partial charge in [0.25, 0.3) is 0 Å². The van der Waals surface area contributed by atoms with Gasteiger partial charge in [0.2, 0.25) is 0 Å². The van der Waals surface area contributed by atoms with E-state index in [0.717, 1.165) is 43.7 Å². The minimum Gasteiger partial charge on any atom is -0.379 e. The van der Waals surface area contributed by atoms with Crippen molar-refractivity contribution < 1.29 is 4.74 Å². The van der Waals surface area contributed by atoms with Gasteiger partial charge in [-0.25, -0.2) is 4.99 Å². The number of nitriles is 1. The molecule has 5 nitrogen and oxygen atoms in total. The number of rotatable bonds is 8. The molecule has 0 aromatic heterocycles. The number of hydrogen-bond donors (Lipinski definition) is 1. The lowest BCUT2D eigenvalue weighted by Gasteiger charge is -2.22. The lowest BCUT2D eigenvalue weighted by molar-refractivity contribution is 0.115. The fourth-order valence-electron chi connectivity index (χ4n) is 2.16. The van der Waals surface area contributed by atoms with E-state index in [2.05, 4.69) is 28.2 Å². The molecule has 1 aliphatic rings. The van der Waals surface area contributed by atoms with E-state index in [4.69, 9.17) is 10.00 Å². The van der Waals surface area contributed by atoms with E-state index in [0.29, 0.717) is 12.1 Å². The summed E-state index contributed by atoms with van der Waals surface area (Å²) in [5, 5.41) is 12.1. The first-order valence-electron chi connectivity index (χ1n) is 8.29. The van der Waals surface area contributed by atoms with Gasteiger partial charge < -0.3 is 15.0 Å². The fraction of sp³-hybridized carbons (Fsp3) is 0.556. The predicted molar refractivity (Wildman–Crippen MR) is 108 cm³/mol. The number of aliphatic imine (C=N–C) groups is 1. The molecule has 0 amide bonds. The average molecular weight is 442 g/mol. The SMILES string of the molecule is CCNC(=NCc1ccc(C#N)cc1)N(C)CCOCC1CC1.I. The Kier molecular flexibility index (Phi) is 9.72. The number of hydrogen-bond acceptors (Lipinski definition) is 3. The van der Waals surface area contributed by atoms with Crippen molar-refractivity contribution in [1.29, 1.82) is 5.26 Å². The van der Waals surface area contributed by atoms with E-state index >= 15 is 0 Å². The number of likely N-dealkylation sites (N-methyl/N-ethyl adjacent to an activating group) is 1. The summed E-state index contributed by atoms with van der Waals surface area (Å²) in [4.78, 5) is 6.76. The highest BCUT2D eigenvalue weighted by atomic mass is 127. The third-order valence-electron chi connectivity index (χ3n) is 3.81. The number of halogens is 1. The van der Waals surface area contributed by atoms with Crippen LogP contribution < -0.4 is 5.32 Å². The van der Waals surface area contributed by atoms with Gasteiger partial charge in [-0.3, -0.25) is 0 Å². The Morgan fingerprint density at radius 2 is 2.08 bits per heavy atom. The fourth-order valence-corrected chi connectivity index (χ4v) is 2.16. The number of benzene rings is 1. The van der Waals surface area contributed by atoms with Crippen molar-refractivity contribution in [1.82, 2.24) is 10.2 Å². The molecule has 0 unspecified atom stereocenters. The number of nitrogens with zero attached hydrogens (tertiary/aromatic N) is 3. The second kappa shape index (κ2) is 11.3. The third kappa shape index (κ3) is 7.49. The van der Waals surface area contributed by atoms with Crippen LogP contribution in [0.25, 0.3) is 0 Å². The highest BCUT2D eigenvalue weighted by Gasteiger charge is 2.21. The van der Waals surface area contributed by atoms with Crippen LogP contribution >= 0.6 is 24.0 Å². The average Bonchev–Trinajstić information content (AvgIpc) is 3.40. The molecule has 2 rings (SSSR count). The summed E-state index contributed by atoms with van der Waals surface area (Å²) in [5.74, 6) is 1.69. The molecule has 0 spiro atoms. The van der Waals surface area contributed by atoms with Gasteiger partial charge in [0, 0.05) is 26.7 Å². The smallest absolute Gasteiger partial charge is 0.194 e. The van der Waals surface area contributed by atoms with Gasteiger partial charge in [0.1, 0.15) is 0 Å². The topological polar surface area (TPSA) is 60.7 Å². The van der Waals surface area contributed by atoms with E-state index < -0.39 is 0 Å². The molecule has 0 aliphatic heterocycles. The van der Waals surface area contributed by atoms with Gasteiger partial charge in [-0.1, -0.05) is 12.1 Å². The minimum atomic E-state index is 0. The van der Waals surface area contributed by atoms with Gasteiger partial charge >= 0.3 is 0 Å². The molecular weight excluding hydrogens is 415 g/mol. The molecule has 0 bridgehead atoms. The molecule has 1 saturated carbocycles.